The molecule has 2 aromatic rings. The van der Waals surface area contributed by atoms with Crippen molar-refractivity contribution < 1.29 is 9.47 Å². The number of halogens is 2. The second kappa shape index (κ2) is 6.11. The van der Waals surface area contributed by atoms with E-state index in [9.17, 15) is 0 Å². The average Bonchev–Trinajstić information content (AvgIpc) is 2.33. The van der Waals surface area contributed by atoms with Crippen molar-refractivity contribution in [1.29, 1.82) is 0 Å². The van der Waals surface area contributed by atoms with Gasteiger partial charge in [0.05, 0.1) is 11.1 Å². The molecule has 0 aliphatic carbocycles. The highest BCUT2D eigenvalue weighted by Gasteiger charge is 2.12. The second-order valence-electron chi connectivity index (χ2n) is 4.08. The molecule has 0 spiro atoms. The van der Waals surface area contributed by atoms with Crippen molar-refractivity contribution in [2.75, 3.05) is 5.73 Å². The molecule has 0 unspecified atom stereocenters. The van der Waals surface area contributed by atoms with Crippen LogP contribution in [0.5, 0.6) is 17.8 Å². The number of ether oxygens (including phenoxy) is 2. The van der Waals surface area contributed by atoms with Gasteiger partial charge in [-0.1, -0.05) is 29.3 Å². The molecule has 0 amide bonds. The molecule has 0 bridgehead atoms. The summed E-state index contributed by atoms with van der Waals surface area (Å²) in [6, 6.07) is 5.04. The minimum atomic E-state index is -0.0978. The quantitative estimate of drug-likeness (QED) is 0.931. The summed E-state index contributed by atoms with van der Waals surface area (Å²) >= 11 is 11.9. The van der Waals surface area contributed by atoms with Crippen LogP contribution in [0, 0.1) is 0 Å². The number of hydrogen-bond donors (Lipinski definition) is 1. The topological polar surface area (TPSA) is 83.2 Å². The SMILES string of the molecule is CC(C)Oc1nc(N)nc(Oc2cccc(Cl)c2Cl)n1. The van der Waals surface area contributed by atoms with E-state index in [2.05, 4.69) is 15.0 Å². The van der Waals surface area contributed by atoms with Gasteiger partial charge in [-0.25, -0.2) is 0 Å². The molecule has 1 aromatic heterocycles. The van der Waals surface area contributed by atoms with Crippen LogP contribution >= 0.6 is 23.2 Å². The zero-order chi connectivity index (χ0) is 14.7. The highest BCUT2D eigenvalue weighted by molar-refractivity contribution is 6.42. The number of hydrogen-bond acceptors (Lipinski definition) is 6. The van der Waals surface area contributed by atoms with Gasteiger partial charge in [0.1, 0.15) is 5.02 Å². The summed E-state index contributed by atoms with van der Waals surface area (Å²) in [4.78, 5) is 11.7. The van der Waals surface area contributed by atoms with E-state index in [0.717, 1.165) is 0 Å². The van der Waals surface area contributed by atoms with Gasteiger partial charge in [0.15, 0.2) is 5.75 Å². The predicted octanol–water partition coefficient (Wildman–Crippen LogP) is 3.34. The first kappa shape index (κ1) is 14.6. The molecule has 106 valence electrons. The van der Waals surface area contributed by atoms with Crippen LogP contribution in [0.3, 0.4) is 0 Å². The first-order valence-corrected chi connectivity index (χ1v) is 6.51. The Morgan fingerprint density at radius 1 is 1.10 bits per heavy atom. The zero-order valence-corrected chi connectivity index (χ0v) is 12.3. The van der Waals surface area contributed by atoms with Crippen LogP contribution in [-0.2, 0) is 0 Å². The maximum atomic E-state index is 6.02. The Morgan fingerprint density at radius 3 is 2.50 bits per heavy atom. The average molecular weight is 315 g/mol. The van der Waals surface area contributed by atoms with Crippen LogP contribution in [0.4, 0.5) is 5.95 Å². The molecule has 2 N–H and O–H groups in total. The Morgan fingerprint density at radius 2 is 1.80 bits per heavy atom. The molecule has 0 saturated carbocycles. The van der Waals surface area contributed by atoms with E-state index in [-0.39, 0.29) is 29.1 Å². The van der Waals surface area contributed by atoms with Crippen molar-refractivity contribution in [3.05, 3.63) is 28.2 Å². The van der Waals surface area contributed by atoms with E-state index in [4.69, 9.17) is 38.4 Å². The maximum absolute atomic E-state index is 6.02. The van der Waals surface area contributed by atoms with E-state index < -0.39 is 0 Å². The van der Waals surface area contributed by atoms with Gasteiger partial charge in [-0.3, -0.25) is 0 Å². The summed E-state index contributed by atoms with van der Waals surface area (Å²) < 4.78 is 10.8. The molecule has 0 fully saturated rings. The van der Waals surface area contributed by atoms with Crippen molar-refractivity contribution in [2.24, 2.45) is 0 Å². The number of nitrogens with two attached hydrogens (primary N) is 1. The minimum absolute atomic E-state index is 0.0104. The summed E-state index contributed by atoms with van der Waals surface area (Å²) in [6.07, 6.45) is -0.0978. The van der Waals surface area contributed by atoms with Crippen LogP contribution in [0.1, 0.15) is 13.8 Å². The number of anilines is 1. The van der Waals surface area contributed by atoms with E-state index in [1.165, 1.54) is 0 Å². The first-order valence-electron chi connectivity index (χ1n) is 5.76. The molecule has 1 heterocycles. The molecule has 6 nitrogen and oxygen atoms in total. The standard InChI is InChI=1S/C12H12Cl2N4O2/c1-6(2)19-11-16-10(15)17-12(18-11)20-8-5-3-4-7(13)9(8)14/h3-6H,1-2H3,(H2,15,16,17,18). The largest absolute Gasteiger partial charge is 0.461 e. The third-order valence-electron chi connectivity index (χ3n) is 2.07. The molecule has 0 aliphatic rings. The number of nitrogens with zero attached hydrogens (tertiary/aromatic N) is 3. The Labute approximate surface area is 125 Å². The summed E-state index contributed by atoms with van der Waals surface area (Å²) in [5.74, 6) is 0.309. The highest BCUT2D eigenvalue weighted by Crippen LogP contribution is 2.33. The van der Waals surface area contributed by atoms with Gasteiger partial charge < -0.3 is 15.2 Å². The van der Waals surface area contributed by atoms with Gasteiger partial charge in [0, 0.05) is 0 Å². The number of aromatic nitrogens is 3. The van der Waals surface area contributed by atoms with Gasteiger partial charge in [-0.2, -0.15) is 9.97 Å². The van der Waals surface area contributed by atoms with Gasteiger partial charge in [-0.05, 0) is 26.0 Å². The molecule has 0 radical (unpaired) electrons. The molecule has 0 aliphatic heterocycles. The number of benzene rings is 1. The fraction of sp³-hybridized carbons (Fsp3) is 0.250. The second-order valence-corrected chi connectivity index (χ2v) is 4.86. The predicted molar refractivity (Wildman–Crippen MR) is 76.5 cm³/mol. The Bertz CT molecular complexity index is 622. The van der Waals surface area contributed by atoms with Crippen molar-refractivity contribution >= 4 is 29.2 Å². The highest BCUT2D eigenvalue weighted by atomic mass is 35.5. The van der Waals surface area contributed by atoms with Gasteiger partial charge >= 0.3 is 12.0 Å². The van der Waals surface area contributed by atoms with E-state index in [0.29, 0.717) is 10.8 Å². The molecule has 0 atom stereocenters. The van der Waals surface area contributed by atoms with Crippen LogP contribution in [-0.4, -0.2) is 21.1 Å². The lowest BCUT2D eigenvalue weighted by Gasteiger charge is -2.10. The molecular formula is C12H12Cl2N4O2. The van der Waals surface area contributed by atoms with Crippen LogP contribution < -0.4 is 15.2 Å². The van der Waals surface area contributed by atoms with Gasteiger partial charge in [-0.15, -0.1) is 4.98 Å². The molecular weight excluding hydrogens is 303 g/mol. The van der Waals surface area contributed by atoms with E-state index in [1.807, 2.05) is 13.8 Å². The zero-order valence-electron chi connectivity index (χ0n) is 10.8. The van der Waals surface area contributed by atoms with E-state index in [1.54, 1.807) is 18.2 Å². The lowest BCUT2D eigenvalue weighted by molar-refractivity contribution is 0.219. The molecule has 2 rings (SSSR count). The molecule has 1 aromatic carbocycles. The lowest BCUT2D eigenvalue weighted by Crippen LogP contribution is -2.11. The molecule has 8 heteroatoms. The van der Waals surface area contributed by atoms with E-state index >= 15 is 0 Å². The first-order chi connectivity index (χ1) is 9.45. The summed E-state index contributed by atoms with van der Waals surface area (Å²) in [6.45, 7) is 3.68. The van der Waals surface area contributed by atoms with Crippen molar-refractivity contribution in [3.8, 4) is 17.8 Å². The Kier molecular flexibility index (Phi) is 4.46. The molecule has 20 heavy (non-hydrogen) atoms. The smallest absolute Gasteiger partial charge is 0.330 e. The number of rotatable bonds is 4. The van der Waals surface area contributed by atoms with Gasteiger partial charge in [0.25, 0.3) is 0 Å². The van der Waals surface area contributed by atoms with Crippen molar-refractivity contribution in [3.63, 3.8) is 0 Å². The lowest BCUT2D eigenvalue weighted by atomic mass is 10.3. The van der Waals surface area contributed by atoms with Crippen molar-refractivity contribution in [1.82, 2.24) is 15.0 Å². The fourth-order valence-corrected chi connectivity index (χ4v) is 1.65. The number of nitrogen functional groups attached to an aromatic ring is 1. The van der Waals surface area contributed by atoms with Crippen LogP contribution in [0.2, 0.25) is 10.0 Å². The Hall–Kier alpha value is -1.79. The van der Waals surface area contributed by atoms with Gasteiger partial charge in [0.2, 0.25) is 5.95 Å². The fourth-order valence-electron chi connectivity index (χ4n) is 1.32. The van der Waals surface area contributed by atoms with Crippen molar-refractivity contribution in [2.45, 2.75) is 20.0 Å². The third kappa shape index (κ3) is 3.61. The summed E-state index contributed by atoms with van der Waals surface area (Å²) in [7, 11) is 0. The minimum Gasteiger partial charge on any atom is -0.461 e. The monoisotopic (exact) mass is 314 g/mol. The molecule has 0 saturated heterocycles. The van der Waals surface area contributed by atoms with Crippen LogP contribution in [0.25, 0.3) is 0 Å². The summed E-state index contributed by atoms with van der Waals surface area (Å²) in [5, 5.41) is 0.629. The van der Waals surface area contributed by atoms with Crippen LogP contribution in [0.15, 0.2) is 18.2 Å². The summed E-state index contributed by atoms with van der Waals surface area (Å²) in [5.41, 5.74) is 5.58. The maximum Gasteiger partial charge on any atom is 0.330 e. The third-order valence-corrected chi connectivity index (χ3v) is 2.87. The normalized spacial score (nSPS) is 10.7. The Balaban J connectivity index is 2.29.